The van der Waals surface area contributed by atoms with E-state index in [-0.39, 0.29) is 18.3 Å². The minimum absolute atomic E-state index is 0.00844. The highest BCUT2D eigenvalue weighted by Crippen LogP contribution is 2.32. The van der Waals surface area contributed by atoms with Crippen molar-refractivity contribution in [3.8, 4) is 0 Å². The van der Waals surface area contributed by atoms with Crippen molar-refractivity contribution in [3.63, 3.8) is 0 Å². The highest BCUT2D eigenvalue weighted by atomic mass is 79.9. The number of amides is 1. The molecule has 2 atom stereocenters. The van der Waals surface area contributed by atoms with Crippen LogP contribution in [0.4, 0.5) is 0 Å². The lowest BCUT2D eigenvalue weighted by Crippen LogP contribution is -2.29. The first-order valence-electron chi connectivity index (χ1n) is 8.29. The molecule has 5 nitrogen and oxygen atoms in total. The molecule has 0 bridgehead atoms. The highest BCUT2D eigenvalue weighted by molar-refractivity contribution is 9.10. The average molecular weight is 418 g/mol. The molecule has 26 heavy (non-hydrogen) atoms. The van der Waals surface area contributed by atoms with Gasteiger partial charge >= 0.3 is 0 Å². The van der Waals surface area contributed by atoms with Crippen molar-refractivity contribution in [1.82, 2.24) is 0 Å². The van der Waals surface area contributed by atoms with Crippen LogP contribution in [0.3, 0.4) is 0 Å². The predicted octanol–water partition coefficient (Wildman–Crippen LogP) is 3.36. The van der Waals surface area contributed by atoms with Gasteiger partial charge in [0.1, 0.15) is 0 Å². The largest absolute Gasteiger partial charge is 0.459 e. The Balaban J connectivity index is 1.70. The molecule has 3 rings (SSSR count). The summed E-state index contributed by atoms with van der Waals surface area (Å²) in [4.78, 5) is 11.6. The van der Waals surface area contributed by atoms with E-state index in [9.17, 15) is 4.79 Å². The maximum absolute atomic E-state index is 11.6. The lowest BCUT2D eigenvalue weighted by atomic mass is 9.93. The van der Waals surface area contributed by atoms with E-state index < -0.39 is 12.2 Å². The van der Waals surface area contributed by atoms with Gasteiger partial charge in [0.15, 0.2) is 5.76 Å². The van der Waals surface area contributed by atoms with Gasteiger partial charge in [0.2, 0.25) is 6.29 Å². The van der Waals surface area contributed by atoms with Gasteiger partial charge in [-0.1, -0.05) is 52.3 Å². The Morgan fingerprint density at radius 1 is 1.15 bits per heavy atom. The summed E-state index contributed by atoms with van der Waals surface area (Å²) in [7, 11) is 0. The second-order valence-corrected chi connectivity index (χ2v) is 7.04. The van der Waals surface area contributed by atoms with E-state index in [1.54, 1.807) is 6.08 Å². The van der Waals surface area contributed by atoms with E-state index >= 15 is 0 Å². The van der Waals surface area contributed by atoms with Crippen LogP contribution in [0.5, 0.6) is 0 Å². The summed E-state index contributed by atoms with van der Waals surface area (Å²) < 4.78 is 12.5. The number of ether oxygens (including phenoxy) is 2. The van der Waals surface area contributed by atoms with Crippen LogP contribution in [0.15, 0.2) is 64.8 Å². The third-order valence-electron chi connectivity index (χ3n) is 4.24. The average Bonchev–Trinajstić information content (AvgIpc) is 2.67. The van der Waals surface area contributed by atoms with Crippen LogP contribution >= 0.6 is 15.9 Å². The summed E-state index contributed by atoms with van der Waals surface area (Å²) >= 11 is 3.42. The van der Waals surface area contributed by atoms with E-state index in [2.05, 4.69) is 15.9 Å². The number of benzene rings is 2. The summed E-state index contributed by atoms with van der Waals surface area (Å²) in [5.74, 6) is -0.487. The Morgan fingerprint density at radius 3 is 2.42 bits per heavy atom. The van der Waals surface area contributed by atoms with Crippen molar-refractivity contribution in [2.24, 2.45) is 5.73 Å². The first-order valence-corrected chi connectivity index (χ1v) is 9.08. The molecule has 1 heterocycles. The molecular weight excluding hydrogens is 398 g/mol. The van der Waals surface area contributed by atoms with Gasteiger partial charge in [0, 0.05) is 16.8 Å². The Hall–Kier alpha value is -2.15. The zero-order chi connectivity index (χ0) is 18.5. The smallest absolute Gasteiger partial charge is 0.283 e. The second kappa shape index (κ2) is 8.49. The normalized spacial score (nSPS) is 19.5. The fourth-order valence-electron chi connectivity index (χ4n) is 2.80. The highest BCUT2D eigenvalue weighted by Gasteiger charge is 2.27. The summed E-state index contributed by atoms with van der Waals surface area (Å²) in [6.07, 6.45) is 1.78. The number of hydrogen-bond acceptors (Lipinski definition) is 4. The van der Waals surface area contributed by atoms with Gasteiger partial charge in [-0.2, -0.15) is 0 Å². The third kappa shape index (κ3) is 4.72. The Bertz CT molecular complexity index is 786. The second-order valence-electron chi connectivity index (χ2n) is 6.12. The maximum atomic E-state index is 11.6. The number of allylic oxidation sites excluding steroid dienone is 1. The molecule has 0 radical (unpaired) electrons. The first kappa shape index (κ1) is 18.6. The minimum Gasteiger partial charge on any atom is -0.459 e. The fourth-order valence-corrected chi connectivity index (χ4v) is 3.07. The van der Waals surface area contributed by atoms with Crippen molar-refractivity contribution in [1.29, 1.82) is 0 Å². The number of halogens is 1. The summed E-state index contributed by atoms with van der Waals surface area (Å²) in [5.41, 5.74) is 8.28. The number of aliphatic hydroxyl groups is 1. The lowest BCUT2D eigenvalue weighted by molar-refractivity contribution is -0.148. The number of aliphatic hydroxyl groups excluding tert-OH is 1. The van der Waals surface area contributed by atoms with Crippen molar-refractivity contribution < 1.29 is 19.4 Å². The standard InChI is InChI=1S/C20H20BrNO4/c21-17-7-5-15(6-8-17)16-9-18(20(22)24)26-19(10-16)25-12-14-3-1-13(11-23)2-4-14/h1-9,16,19,23H,10-12H2,(H2,22,24)/t16-,19+/m0/s1. The number of rotatable bonds is 6. The Kier molecular flexibility index (Phi) is 6.08. The Morgan fingerprint density at radius 2 is 1.81 bits per heavy atom. The molecule has 0 saturated carbocycles. The number of carbonyl (C=O) groups excluding carboxylic acids is 1. The van der Waals surface area contributed by atoms with Crippen LogP contribution in [-0.2, 0) is 27.5 Å². The quantitative estimate of drug-likeness (QED) is 0.754. The van der Waals surface area contributed by atoms with Crippen LogP contribution in [0.25, 0.3) is 0 Å². The van der Waals surface area contributed by atoms with Crippen molar-refractivity contribution in [3.05, 3.63) is 81.5 Å². The van der Waals surface area contributed by atoms with Crippen LogP contribution in [0, 0.1) is 0 Å². The molecule has 2 aromatic carbocycles. The van der Waals surface area contributed by atoms with Crippen LogP contribution in [-0.4, -0.2) is 17.3 Å². The molecule has 0 saturated heterocycles. The Labute approximate surface area is 160 Å². The van der Waals surface area contributed by atoms with Crippen LogP contribution < -0.4 is 5.73 Å². The number of carbonyl (C=O) groups is 1. The molecule has 0 fully saturated rings. The summed E-state index contributed by atoms with van der Waals surface area (Å²) in [6.45, 7) is 0.351. The monoisotopic (exact) mass is 417 g/mol. The van der Waals surface area contributed by atoms with Gasteiger partial charge in [0.05, 0.1) is 13.2 Å². The van der Waals surface area contributed by atoms with E-state index in [0.29, 0.717) is 13.0 Å². The molecule has 0 unspecified atom stereocenters. The molecule has 136 valence electrons. The minimum atomic E-state index is -0.604. The van der Waals surface area contributed by atoms with Gasteiger partial charge in [-0.25, -0.2) is 0 Å². The molecule has 1 aliphatic heterocycles. The van der Waals surface area contributed by atoms with Gasteiger partial charge < -0.3 is 20.3 Å². The molecule has 0 aromatic heterocycles. The molecule has 3 N–H and O–H groups in total. The van der Waals surface area contributed by atoms with Crippen molar-refractivity contribution in [2.45, 2.75) is 31.8 Å². The molecule has 6 heteroatoms. The van der Waals surface area contributed by atoms with Gasteiger partial charge in [-0.05, 0) is 34.9 Å². The predicted molar refractivity (Wildman–Crippen MR) is 101 cm³/mol. The van der Waals surface area contributed by atoms with Gasteiger partial charge in [0.25, 0.3) is 5.91 Å². The molecule has 1 amide bonds. The third-order valence-corrected chi connectivity index (χ3v) is 4.77. The maximum Gasteiger partial charge on any atom is 0.283 e. The van der Waals surface area contributed by atoms with Gasteiger partial charge in [-0.15, -0.1) is 0 Å². The molecule has 2 aromatic rings. The van der Waals surface area contributed by atoms with Crippen LogP contribution in [0.1, 0.15) is 29.0 Å². The van der Waals surface area contributed by atoms with E-state index in [1.165, 1.54) is 0 Å². The van der Waals surface area contributed by atoms with Crippen LogP contribution in [0.2, 0.25) is 0 Å². The topological polar surface area (TPSA) is 81.8 Å². The SMILES string of the molecule is NC(=O)C1=C[C@H](c2ccc(Br)cc2)C[C@H](OCc2ccc(CO)cc2)O1. The zero-order valence-electron chi connectivity index (χ0n) is 14.1. The first-order chi connectivity index (χ1) is 12.5. The number of primary amides is 1. The number of nitrogens with two attached hydrogens (primary N) is 1. The van der Waals surface area contributed by atoms with Gasteiger partial charge in [-0.3, -0.25) is 4.79 Å². The lowest BCUT2D eigenvalue weighted by Gasteiger charge is -2.28. The molecule has 0 aliphatic carbocycles. The van der Waals surface area contributed by atoms with Crippen molar-refractivity contribution >= 4 is 21.8 Å². The summed E-state index contributed by atoms with van der Waals surface area (Å²) in [5, 5.41) is 9.09. The van der Waals surface area contributed by atoms with Crippen molar-refractivity contribution in [2.75, 3.05) is 0 Å². The van der Waals surface area contributed by atoms with E-state index in [1.807, 2.05) is 48.5 Å². The van der Waals surface area contributed by atoms with E-state index in [4.69, 9.17) is 20.3 Å². The molecular formula is C20H20BrNO4. The fraction of sp³-hybridized carbons (Fsp3) is 0.250. The molecule has 0 spiro atoms. The summed E-state index contributed by atoms with van der Waals surface area (Å²) in [6, 6.07) is 15.4. The number of hydrogen-bond donors (Lipinski definition) is 2. The molecule has 1 aliphatic rings. The zero-order valence-corrected chi connectivity index (χ0v) is 15.7. The van der Waals surface area contributed by atoms with E-state index in [0.717, 1.165) is 21.2 Å².